The number of aromatic carboxylic acids is 2. The Hall–Kier alpha value is -14.3. The molecule has 1 saturated heterocycles. The smallest absolute Gasteiger partial charge is 0.338 e. The summed E-state index contributed by atoms with van der Waals surface area (Å²) in [5.74, 6) is 0.0660. The van der Waals surface area contributed by atoms with Crippen LogP contribution in [-0.2, 0) is 102 Å². The minimum atomic E-state index is -0.895. The van der Waals surface area contributed by atoms with E-state index in [9.17, 15) is 39.0 Å². The van der Waals surface area contributed by atoms with Crippen LogP contribution in [0.2, 0.25) is 5.02 Å². The molecule has 2 N–H and O–H groups in total. The standard InChI is InChI=1S/C24H28N2O2.C22H23NO2.C21H21NO2.C20H19NO2.C19H17NO2.C18H16ClNO2/c1-17-3-5-18(6-4-17)13-20-14-22-21(7-10-25-23(22)15-20)24(27)28-16-19-8-11-26(2)12-9-19;1-15-5-7-16(8-6-15)11-18-12-20-19(9-10-23-21(20)13-18)22(24)25-14-17-3-2-4-17;1-24-21(23)18-9-10-22-20-13-14(12-19(18)20)11-16-7-4-6-15-5-2-3-8-17(15)16;1-23-20(22)17-8-9-21-19-12-13(11-18(17)19)10-15-7-6-14-4-2-3-5-16(14)15;21-19(22)16-7-8-20-18-11-12(10-17(16)18)9-14-6-5-13-3-1-2-4-15(13)14;1-2-13-8-11(3-4-16(13)19)7-12-9-15-14(18(21)22)5-6-20-17(15)10-12/h3-7,10,15,19H,8-9,11-14,16H2,1-2H3;5-10,13,17H,2-4,11-12,14H2,1H3;2-3,5,8-10,13,16H,4,6-7,11-12H2,1H3;2-5,8-9,12,15H,6-7,10-11H2,1H3;1-4,7-8,11,14H,5-6,9-10H2,(H,21,22);3-6,8,10H,2,7,9H2,1H3,(H,21,22). The number of piperidine rings is 1. The van der Waals surface area contributed by atoms with Crippen molar-refractivity contribution < 1.29 is 57.9 Å². The lowest BCUT2D eigenvalue weighted by molar-refractivity contribution is 0.0366. The van der Waals surface area contributed by atoms with Crippen molar-refractivity contribution in [3.63, 3.8) is 0 Å². The van der Waals surface area contributed by atoms with Crippen molar-refractivity contribution in [3.05, 3.63) is 419 Å². The second kappa shape index (κ2) is 46.4. The van der Waals surface area contributed by atoms with E-state index >= 15 is 0 Å². The molecule has 0 bridgehead atoms. The molecule has 144 heavy (non-hydrogen) atoms. The number of carboxylic acids is 2. The first kappa shape index (κ1) is 99.9. The van der Waals surface area contributed by atoms with Gasteiger partial charge in [-0.25, -0.2) is 28.8 Å². The third kappa shape index (κ3) is 24.1. The van der Waals surface area contributed by atoms with E-state index in [2.05, 4.69) is 220 Å². The molecular formula is C124H124ClN7O12. The lowest BCUT2D eigenvalue weighted by atomic mass is 9.79. The second-order valence-corrected chi connectivity index (χ2v) is 40.5. The Morgan fingerprint density at radius 2 is 0.681 bits per heavy atom. The summed E-state index contributed by atoms with van der Waals surface area (Å²) in [6.07, 6.45) is 48.0. The number of allylic oxidation sites excluding steroid dienone is 6. The van der Waals surface area contributed by atoms with Gasteiger partial charge in [0.05, 0.1) is 95.0 Å². The molecule has 2 fully saturated rings. The van der Waals surface area contributed by atoms with Gasteiger partial charge in [-0.3, -0.25) is 29.9 Å². The Labute approximate surface area is 848 Å². The summed E-state index contributed by atoms with van der Waals surface area (Å²) in [5.41, 5.74) is 38.6. The third-order valence-electron chi connectivity index (χ3n) is 30.2. The lowest BCUT2D eigenvalue weighted by Crippen LogP contribution is -2.32. The largest absolute Gasteiger partial charge is 0.478 e. The number of methoxy groups -OCH3 is 2. The number of carbonyl (C=O) groups is 6. The molecule has 0 spiro atoms. The first-order chi connectivity index (χ1) is 70.1. The van der Waals surface area contributed by atoms with Crippen LogP contribution in [0, 0.1) is 25.7 Å². The van der Waals surface area contributed by atoms with Crippen molar-refractivity contribution in [2.45, 2.75) is 199 Å². The Bertz CT molecular complexity index is 7050. The number of carboxylic acid groups (broad SMARTS) is 2. The van der Waals surface area contributed by atoms with Crippen molar-refractivity contribution in [3.8, 4) is 0 Å². The van der Waals surface area contributed by atoms with Crippen LogP contribution >= 0.6 is 11.6 Å². The molecule has 6 aromatic carbocycles. The topological polar surface area (TPSA) is 260 Å². The predicted molar refractivity (Wildman–Crippen MR) is 566 cm³/mol. The van der Waals surface area contributed by atoms with Gasteiger partial charge in [0.25, 0.3) is 0 Å². The number of likely N-dealkylation sites (tertiary alicyclic amines) is 1. The number of ether oxygens (including phenoxy) is 4. The number of halogens is 1. The van der Waals surface area contributed by atoms with Gasteiger partial charge in [0, 0.05) is 42.2 Å². The highest BCUT2D eigenvalue weighted by molar-refractivity contribution is 6.31. The Kier molecular flexibility index (Phi) is 32.2. The monoisotopic (exact) mass is 1940 g/mol. The first-order valence-corrected chi connectivity index (χ1v) is 51.3. The summed E-state index contributed by atoms with van der Waals surface area (Å²) in [4.78, 5) is 100. The Balaban J connectivity index is 0.000000114. The van der Waals surface area contributed by atoms with Crippen LogP contribution in [0.5, 0.6) is 0 Å². The Morgan fingerprint density at radius 3 is 1.04 bits per heavy atom. The number of hydrogen-bond donors (Lipinski definition) is 2. The molecule has 1 saturated carbocycles. The molecular weight excluding hydrogens is 1810 g/mol. The first-order valence-electron chi connectivity index (χ1n) is 50.9. The van der Waals surface area contributed by atoms with Crippen molar-refractivity contribution in [1.82, 2.24) is 34.8 Å². The predicted octanol–water partition coefficient (Wildman–Crippen LogP) is 24.9. The SMILES string of the molecule is CCc1cc(CC2=Cc3nccc(C(=O)O)c3C2)ccc1Cl.COC(=O)c1ccnc2c1CC(CC1CCCc3ccccc31)=C2.COC(=O)c1ccnc2c1CC(CC1CCc3ccccc31)=C2.Cc1ccc(CC2=Cc3nccc(C(=O)OCC4CCC4)c3C2)cc1.Cc1ccc(CC2=Cc3nccc(C(=O)OCC4CCN(C)CC4)c3C2)cc1.O=C(O)c1ccnc2c1CC(CC1CCc3ccccc31)=C2. The molecule has 23 rings (SSSR count). The molecule has 3 unspecified atom stereocenters. The minimum absolute atomic E-state index is 0.199. The third-order valence-corrected chi connectivity index (χ3v) is 30.6. The van der Waals surface area contributed by atoms with Gasteiger partial charge in [0.15, 0.2) is 0 Å². The number of aromatic nitrogens is 6. The van der Waals surface area contributed by atoms with E-state index in [1.54, 1.807) is 73.6 Å². The van der Waals surface area contributed by atoms with Crippen molar-refractivity contribution >= 4 is 83.9 Å². The van der Waals surface area contributed by atoms with E-state index in [1.165, 1.54) is 167 Å². The zero-order valence-electron chi connectivity index (χ0n) is 83.0. The van der Waals surface area contributed by atoms with Gasteiger partial charge in [0.1, 0.15) is 0 Å². The van der Waals surface area contributed by atoms with Crippen molar-refractivity contribution in [2.75, 3.05) is 47.6 Å². The molecule has 734 valence electrons. The quantitative estimate of drug-likeness (QED) is 0.0445. The van der Waals surface area contributed by atoms with E-state index in [0.717, 1.165) is 188 Å². The zero-order valence-corrected chi connectivity index (χ0v) is 83.8. The molecule has 19 nitrogen and oxygen atoms in total. The second-order valence-electron chi connectivity index (χ2n) is 40.1. The van der Waals surface area contributed by atoms with Gasteiger partial charge in [-0.2, -0.15) is 0 Å². The number of esters is 4. The molecule has 7 heterocycles. The van der Waals surface area contributed by atoms with Crippen LogP contribution in [0.25, 0.3) is 36.5 Å². The van der Waals surface area contributed by atoms with E-state index in [1.807, 2.05) is 18.2 Å². The zero-order chi connectivity index (χ0) is 99.9. The fourth-order valence-electron chi connectivity index (χ4n) is 22.2. The van der Waals surface area contributed by atoms with Gasteiger partial charge >= 0.3 is 35.8 Å². The fraction of sp³-hybridized carbons (Fsp3) is 0.323. The van der Waals surface area contributed by atoms with Gasteiger partial charge in [-0.15, -0.1) is 0 Å². The number of benzene rings is 6. The normalized spacial score (nSPS) is 17.0. The van der Waals surface area contributed by atoms with E-state index in [0.29, 0.717) is 82.6 Å². The van der Waals surface area contributed by atoms with Crippen LogP contribution in [0.3, 0.4) is 0 Å². The fourth-order valence-corrected chi connectivity index (χ4v) is 22.5. The van der Waals surface area contributed by atoms with Gasteiger partial charge in [-0.05, 0) is 386 Å². The van der Waals surface area contributed by atoms with Crippen LogP contribution < -0.4 is 0 Å². The maximum Gasteiger partial charge on any atom is 0.338 e. The number of nitrogens with zero attached hydrogens (tertiary/aromatic N) is 7. The number of hydrogen-bond acceptors (Lipinski definition) is 17. The number of pyridine rings is 6. The van der Waals surface area contributed by atoms with Crippen molar-refractivity contribution in [1.29, 1.82) is 0 Å². The number of aryl methyl sites for hydroxylation is 6. The molecule has 11 aliphatic rings. The van der Waals surface area contributed by atoms with E-state index in [4.69, 9.17) is 30.5 Å². The summed E-state index contributed by atoms with van der Waals surface area (Å²) in [6.45, 7) is 9.52. The number of rotatable bonds is 23. The molecule has 6 aromatic heterocycles. The average Bonchev–Trinajstić information content (AvgIpc) is 1.64. The van der Waals surface area contributed by atoms with Crippen LogP contribution in [0.4, 0.5) is 0 Å². The van der Waals surface area contributed by atoms with Crippen LogP contribution in [0.15, 0.2) is 247 Å². The minimum Gasteiger partial charge on any atom is -0.478 e. The maximum absolute atomic E-state index is 12.7. The molecule has 20 heteroatoms. The summed E-state index contributed by atoms with van der Waals surface area (Å²) < 4.78 is 21.0. The Morgan fingerprint density at radius 1 is 0.361 bits per heavy atom. The highest BCUT2D eigenvalue weighted by Gasteiger charge is 2.34. The summed E-state index contributed by atoms with van der Waals surface area (Å²) >= 11 is 6.15. The van der Waals surface area contributed by atoms with Gasteiger partial charge in [0.2, 0.25) is 0 Å². The van der Waals surface area contributed by atoms with Gasteiger partial charge < -0.3 is 34.1 Å². The summed E-state index contributed by atoms with van der Waals surface area (Å²) in [6, 6.07) is 59.8. The number of fused-ring (bicyclic) bond motifs is 9. The molecule has 1 aliphatic heterocycles. The number of carbonyl (C=O) groups excluding carboxylic acids is 4. The highest BCUT2D eigenvalue weighted by atomic mass is 35.5. The van der Waals surface area contributed by atoms with Crippen LogP contribution in [0.1, 0.15) is 298 Å². The maximum atomic E-state index is 12.7. The van der Waals surface area contributed by atoms with E-state index < -0.39 is 11.9 Å². The molecule has 10 aliphatic carbocycles. The molecule has 3 atom stereocenters. The highest BCUT2D eigenvalue weighted by Crippen LogP contribution is 2.45. The average molecular weight is 1940 g/mol. The molecule has 0 radical (unpaired) electrons. The van der Waals surface area contributed by atoms with Crippen LogP contribution in [-0.4, -0.2) is 128 Å². The summed E-state index contributed by atoms with van der Waals surface area (Å²) in [7, 11) is 5.00. The molecule has 0 amide bonds. The van der Waals surface area contributed by atoms with E-state index in [-0.39, 0.29) is 23.9 Å². The summed E-state index contributed by atoms with van der Waals surface area (Å²) in [5, 5.41) is 19.4. The molecule has 12 aromatic rings. The lowest BCUT2D eigenvalue weighted by Gasteiger charge is -2.28. The van der Waals surface area contributed by atoms with Crippen molar-refractivity contribution in [2.24, 2.45) is 11.8 Å². The van der Waals surface area contributed by atoms with Gasteiger partial charge in [-0.1, -0.05) is 203 Å².